The first kappa shape index (κ1) is 12.5. The van der Waals surface area contributed by atoms with Gasteiger partial charge < -0.3 is 14.6 Å². The molecule has 16 heavy (non-hydrogen) atoms. The zero-order chi connectivity index (χ0) is 12.1. The number of hydrogen-bond donors (Lipinski definition) is 1. The van der Waals surface area contributed by atoms with Gasteiger partial charge in [0.1, 0.15) is 18.1 Å². The first-order valence-electron chi connectivity index (χ1n) is 5.04. The van der Waals surface area contributed by atoms with E-state index in [0.29, 0.717) is 17.1 Å². The van der Waals surface area contributed by atoms with E-state index >= 15 is 0 Å². The summed E-state index contributed by atoms with van der Waals surface area (Å²) >= 11 is 0. The van der Waals surface area contributed by atoms with E-state index in [0.717, 1.165) is 0 Å². The number of ketones is 1. The van der Waals surface area contributed by atoms with Crippen LogP contribution in [0.4, 0.5) is 0 Å². The number of benzene rings is 1. The molecule has 1 rings (SSSR count). The number of aliphatic hydroxyl groups is 1. The fraction of sp³-hybridized carbons (Fsp3) is 0.417. The average molecular weight is 224 g/mol. The highest BCUT2D eigenvalue weighted by atomic mass is 16.5. The van der Waals surface area contributed by atoms with Gasteiger partial charge in [-0.3, -0.25) is 4.79 Å². The van der Waals surface area contributed by atoms with E-state index in [9.17, 15) is 4.79 Å². The molecule has 0 fully saturated rings. The second-order valence-electron chi connectivity index (χ2n) is 3.58. The first-order valence-corrected chi connectivity index (χ1v) is 5.04. The quantitative estimate of drug-likeness (QED) is 0.773. The Bertz CT molecular complexity index is 371. The van der Waals surface area contributed by atoms with E-state index in [1.54, 1.807) is 32.2 Å². The van der Waals surface area contributed by atoms with E-state index in [4.69, 9.17) is 14.6 Å². The second kappa shape index (κ2) is 5.51. The molecule has 0 spiro atoms. The summed E-state index contributed by atoms with van der Waals surface area (Å²) in [5.41, 5.74) is 0.487. The number of methoxy groups -OCH3 is 1. The monoisotopic (exact) mass is 224 g/mol. The summed E-state index contributed by atoms with van der Waals surface area (Å²) in [6.07, 6.45) is -0.578. The van der Waals surface area contributed by atoms with Crippen LogP contribution in [0.5, 0.6) is 11.5 Å². The van der Waals surface area contributed by atoms with Crippen LogP contribution in [-0.4, -0.2) is 30.7 Å². The number of rotatable bonds is 5. The van der Waals surface area contributed by atoms with Crippen molar-refractivity contribution in [2.75, 3.05) is 13.7 Å². The third-order valence-electron chi connectivity index (χ3n) is 2.05. The van der Waals surface area contributed by atoms with Crippen molar-refractivity contribution in [3.05, 3.63) is 23.8 Å². The second-order valence-corrected chi connectivity index (χ2v) is 3.58. The normalized spacial score (nSPS) is 12.0. The van der Waals surface area contributed by atoms with Crippen LogP contribution in [0.2, 0.25) is 0 Å². The highest BCUT2D eigenvalue weighted by Gasteiger charge is 2.10. The molecular weight excluding hydrogens is 208 g/mol. The lowest BCUT2D eigenvalue weighted by molar-refractivity contribution is 0.0995. The van der Waals surface area contributed by atoms with Crippen molar-refractivity contribution >= 4 is 5.78 Å². The maximum absolute atomic E-state index is 11.3. The van der Waals surface area contributed by atoms with Gasteiger partial charge in [0, 0.05) is 6.07 Å². The number of hydrogen-bond acceptors (Lipinski definition) is 4. The summed E-state index contributed by atoms with van der Waals surface area (Å²) < 4.78 is 10.4. The Labute approximate surface area is 94.8 Å². The van der Waals surface area contributed by atoms with Gasteiger partial charge in [-0.25, -0.2) is 0 Å². The van der Waals surface area contributed by atoms with E-state index < -0.39 is 6.10 Å². The molecule has 1 N–H and O–H groups in total. The molecule has 88 valence electrons. The van der Waals surface area contributed by atoms with Crippen LogP contribution >= 0.6 is 0 Å². The van der Waals surface area contributed by atoms with Crippen LogP contribution in [0.25, 0.3) is 0 Å². The van der Waals surface area contributed by atoms with Gasteiger partial charge in [-0.2, -0.15) is 0 Å². The minimum absolute atomic E-state index is 0.0803. The number of carbonyl (C=O) groups excluding carboxylic acids is 1. The molecule has 0 aromatic heterocycles. The molecule has 1 atom stereocenters. The molecular formula is C12H16O4. The summed E-state index contributed by atoms with van der Waals surface area (Å²) in [7, 11) is 1.54. The van der Waals surface area contributed by atoms with Crippen molar-refractivity contribution < 1.29 is 19.4 Å². The van der Waals surface area contributed by atoms with E-state index in [2.05, 4.69) is 0 Å². The fourth-order valence-electron chi connectivity index (χ4n) is 1.25. The van der Waals surface area contributed by atoms with Gasteiger partial charge in [0.05, 0.1) is 18.8 Å². The Hall–Kier alpha value is -1.55. The highest BCUT2D eigenvalue weighted by molar-refractivity contribution is 5.97. The largest absolute Gasteiger partial charge is 0.497 e. The van der Waals surface area contributed by atoms with Crippen LogP contribution in [0.1, 0.15) is 24.2 Å². The minimum atomic E-state index is -0.578. The van der Waals surface area contributed by atoms with Crippen LogP contribution in [0.15, 0.2) is 18.2 Å². The van der Waals surface area contributed by atoms with Gasteiger partial charge in [0.15, 0.2) is 5.78 Å². The molecule has 0 aliphatic heterocycles. The first-order chi connectivity index (χ1) is 7.54. The van der Waals surface area contributed by atoms with Crippen LogP contribution in [-0.2, 0) is 0 Å². The van der Waals surface area contributed by atoms with E-state index in [-0.39, 0.29) is 12.4 Å². The lowest BCUT2D eigenvalue weighted by atomic mass is 10.1. The SMILES string of the molecule is COc1ccc(C(C)=O)c(OCC(C)O)c1. The smallest absolute Gasteiger partial charge is 0.163 e. The van der Waals surface area contributed by atoms with Crippen molar-refractivity contribution in [1.82, 2.24) is 0 Å². The molecule has 1 aromatic rings. The average Bonchev–Trinajstić information content (AvgIpc) is 2.25. The van der Waals surface area contributed by atoms with Crippen molar-refractivity contribution in [3.63, 3.8) is 0 Å². The van der Waals surface area contributed by atoms with Gasteiger partial charge in [-0.15, -0.1) is 0 Å². The molecule has 0 aliphatic rings. The summed E-state index contributed by atoms with van der Waals surface area (Å²) in [5.74, 6) is 0.974. The summed E-state index contributed by atoms with van der Waals surface area (Å²) in [5, 5.41) is 9.13. The van der Waals surface area contributed by atoms with Gasteiger partial charge in [-0.1, -0.05) is 0 Å². The van der Waals surface area contributed by atoms with Gasteiger partial charge >= 0.3 is 0 Å². The molecule has 0 amide bonds. The molecule has 0 bridgehead atoms. The molecule has 1 unspecified atom stereocenters. The number of carbonyl (C=O) groups is 1. The predicted molar refractivity (Wildman–Crippen MR) is 60.2 cm³/mol. The third kappa shape index (κ3) is 3.24. The predicted octanol–water partition coefficient (Wildman–Crippen LogP) is 1.66. The van der Waals surface area contributed by atoms with Crippen molar-refractivity contribution in [3.8, 4) is 11.5 Å². The van der Waals surface area contributed by atoms with Crippen LogP contribution < -0.4 is 9.47 Å². The Kier molecular flexibility index (Phi) is 4.31. The van der Waals surface area contributed by atoms with Gasteiger partial charge in [0.2, 0.25) is 0 Å². The Morgan fingerprint density at radius 3 is 2.69 bits per heavy atom. The van der Waals surface area contributed by atoms with Gasteiger partial charge in [-0.05, 0) is 26.0 Å². The molecule has 0 heterocycles. The summed E-state index contributed by atoms with van der Waals surface area (Å²) in [6, 6.07) is 4.99. The van der Waals surface area contributed by atoms with Crippen molar-refractivity contribution in [2.45, 2.75) is 20.0 Å². The fourth-order valence-corrected chi connectivity index (χ4v) is 1.25. The number of aliphatic hydroxyl groups excluding tert-OH is 1. The topological polar surface area (TPSA) is 55.8 Å². The van der Waals surface area contributed by atoms with Gasteiger partial charge in [0.25, 0.3) is 0 Å². The molecule has 1 aromatic carbocycles. The molecule has 4 nitrogen and oxygen atoms in total. The standard InChI is InChI=1S/C12H16O4/c1-8(13)7-16-12-6-10(15-3)4-5-11(12)9(2)14/h4-6,8,13H,7H2,1-3H3. The van der Waals surface area contributed by atoms with Crippen molar-refractivity contribution in [1.29, 1.82) is 0 Å². The Morgan fingerprint density at radius 2 is 2.19 bits per heavy atom. The zero-order valence-corrected chi connectivity index (χ0v) is 9.69. The van der Waals surface area contributed by atoms with Crippen molar-refractivity contribution in [2.24, 2.45) is 0 Å². The highest BCUT2D eigenvalue weighted by Crippen LogP contribution is 2.25. The minimum Gasteiger partial charge on any atom is -0.497 e. The Balaban J connectivity index is 2.96. The van der Waals surface area contributed by atoms with Crippen LogP contribution in [0, 0.1) is 0 Å². The Morgan fingerprint density at radius 1 is 1.50 bits per heavy atom. The third-order valence-corrected chi connectivity index (χ3v) is 2.05. The maximum atomic E-state index is 11.3. The molecule has 0 saturated heterocycles. The maximum Gasteiger partial charge on any atom is 0.163 e. The lowest BCUT2D eigenvalue weighted by Crippen LogP contribution is -2.14. The lowest BCUT2D eigenvalue weighted by Gasteiger charge is -2.12. The summed E-state index contributed by atoms with van der Waals surface area (Å²) in [4.78, 5) is 11.3. The molecule has 0 saturated carbocycles. The molecule has 0 radical (unpaired) electrons. The van der Waals surface area contributed by atoms with E-state index in [1.807, 2.05) is 0 Å². The molecule has 0 aliphatic carbocycles. The van der Waals surface area contributed by atoms with Crippen LogP contribution in [0.3, 0.4) is 0 Å². The number of ether oxygens (including phenoxy) is 2. The molecule has 4 heteroatoms. The number of Topliss-reactive ketones (excluding diaryl/α,β-unsaturated/α-hetero) is 1. The summed E-state index contributed by atoms with van der Waals surface area (Å²) in [6.45, 7) is 3.23. The zero-order valence-electron chi connectivity index (χ0n) is 9.69. The van der Waals surface area contributed by atoms with E-state index in [1.165, 1.54) is 6.92 Å².